The van der Waals surface area contributed by atoms with Gasteiger partial charge in [-0.3, -0.25) is 0 Å². The Hall–Kier alpha value is -3.22. The van der Waals surface area contributed by atoms with Crippen molar-refractivity contribution in [2.45, 2.75) is 38.2 Å². The van der Waals surface area contributed by atoms with E-state index in [-0.39, 0.29) is 17.0 Å². The molecular formula is C30H30N2O3S. The molecule has 36 heavy (non-hydrogen) atoms. The van der Waals surface area contributed by atoms with E-state index in [1.165, 1.54) is 22.9 Å². The number of nitrogens with one attached hydrogen (secondary N) is 1. The average Bonchev–Trinajstić information content (AvgIpc) is 3.32. The summed E-state index contributed by atoms with van der Waals surface area (Å²) in [6.07, 6.45) is 4.25. The van der Waals surface area contributed by atoms with Gasteiger partial charge in [-0.05, 0) is 85.7 Å². The molecule has 4 aromatic rings. The van der Waals surface area contributed by atoms with Crippen LogP contribution in [0.15, 0.2) is 66.7 Å². The molecule has 1 aromatic heterocycles. The summed E-state index contributed by atoms with van der Waals surface area (Å²) in [5, 5.41) is 4.82. The minimum absolute atomic E-state index is 0.156. The topological polar surface area (TPSA) is 60.5 Å². The Balaban J connectivity index is 1.12. The first kappa shape index (κ1) is 23.2. The lowest BCUT2D eigenvalue weighted by Crippen LogP contribution is -2.51. The van der Waals surface area contributed by atoms with Gasteiger partial charge in [0.25, 0.3) is 0 Å². The number of thiazole rings is 1. The lowest BCUT2D eigenvalue weighted by atomic mass is 9.64. The maximum absolute atomic E-state index is 11.8. The van der Waals surface area contributed by atoms with Gasteiger partial charge in [-0.1, -0.05) is 30.3 Å². The van der Waals surface area contributed by atoms with Crippen molar-refractivity contribution in [3.63, 3.8) is 0 Å². The van der Waals surface area contributed by atoms with Gasteiger partial charge in [-0.15, -0.1) is 11.3 Å². The lowest BCUT2D eigenvalue weighted by molar-refractivity contribution is -0.185. The van der Waals surface area contributed by atoms with Crippen LogP contribution in [0, 0.1) is 12.3 Å². The standard InChI is InChI=1S/C30H30N2O3S/c1-20-32-26-11-8-23(17-27(26)36-20)22-4-3-5-25(16-22)31-18-29-12-14-30(15-13-29,35-19-29)24-9-6-21(7-10-24)28(33)34-2/h3-11,16-17,31H,12-15,18-19H2,1-2H3. The highest BCUT2D eigenvalue weighted by Gasteiger charge is 2.50. The molecule has 0 unspecified atom stereocenters. The third-order valence-corrected chi connectivity index (χ3v) is 8.90. The molecule has 1 saturated carbocycles. The average molecular weight is 499 g/mol. The number of hydrogen-bond acceptors (Lipinski definition) is 6. The van der Waals surface area contributed by atoms with Crippen LogP contribution in [0.2, 0.25) is 0 Å². The molecule has 1 N–H and O–H groups in total. The minimum Gasteiger partial charge on any atom is -0.465 e. The van der Waals surface area contributed by atoms with Crippen LogP contribution in [0.4, 0.5) is 5.69 Å². The number of fused-ring (bicyclic) bond motifs is 4. The summed E-state index contributed by atoms with van der Waals surface area (Å²) in [7, 11) is 1.41. The molecular weight excluding hydrogens is 468 g/mol. The first-order chi connectivity index (χ1) is 17.5. The van der Waals surface area contributed by atoms with Crippen LogP contribution in [0.3, 0.4) is 0 Å². The Morgan fingerprint density at radius 3 is 2.53 bits per heavy atom. The molecule has 0 amide bonds. The Morgan fingerprint density at radius 2 is 1.81 bits per heavy atom. The Kier molecular flexibility index (Phi) is 5.81. The second-order valence-corrected chi connectivity index (χ2v) is 11.4. The number of carbonyl (C=O) groups excluding carboxylic acids is 1. The zero-order valence-corrected chi connectivity index (χ0v) is 21.5. The van der Waals surface area contributed by atoms with E-state index in [1.54, 1.807) is 11.3 Å². The number of aromatic nitrogens is 1. The fraction of sp³-hybridized carbons (Fsp3) is 0.333. The van der Waals surface area contributed by atoms with E-state index < -0.39 is 0 Å². The Morgan fingerprint density at radius 1 is 1.03 bits per heavy atom. The quantitative estimate of drug-likeness (QED) is 0.291. The molecule has 0 radical (unpaired) electrons. The monoisotopic (exact) mass is 498 g/mol. The predicted molar refractivity (Wildman–Crippen MR) is 145 cm³/mol. The van der Waals surface area contributed by atoms with Crippen molar-refractivity contribution in [2.75, 3.05) is 25.6 Å². The fourth-order valence-electron chi connectivity index (χ4n) is 5.71. The highest BCUT2D eigenvalue weighted by molar-refractivity contribution is 7.18. The van der Waals surface area contributed by atoms with E-state index in [1.807, 2.05) is 24.3 Å². The van der Waals surface area contributed by atoms with Crippen LogP contribution in [0.25, 0.3) is 21.3 Å². The predicted octanol–water partition coefficient (Wildman–Crippen LogP) is 6.96. The van der Waals surface area contributed by atoms with Crippen molar-refractivity contribution < 1.29 is 14.3 Å². The minimum atomic E-state index is -0.305. The van der Waals surface area contributed by atoms with Crippen molar-refractivity contribution >= 4 is 33.2 Å². The molecule has 3 aromatic carbocycles. The van der Waals surface area contributed by atoms with Gasteiger partial charge in [-0.25, -0.2) is 9.78 Å². The molecule has 3 fully saturated rings. The van der Waals surface area contributed by atoms with Crippen LogP contribution < -0.4 is 5.32 Å². The number of esters is 1. The number of aryl methyl sites for hydroxylation is 1. The number of methoxy groups -OCH3 is 1. The number of ether oxygens (including phenoxy) is 2. The Labute approximate surface area is 215 Å². The van der Waals surface area contributed by atoms with Crippen molar-refractivity contribution in [3.8, 4) is 11.1 Å². The van der Waals surface area contributed by atoms with E-state index >= 15 is 0 Å². The van der Waals surface area contributed by atoms with Gasteiger partial charge < -0.3 is 14.8 Å². The molecule has 3 aliphatic rings. The number of hydrogen-bond donors (Lipinski definition) is 1. The van der Waals surface area contributed by atoms with Gasteiger partial charge >= 0.3 is 5.97 Å². The van der Waals surface area contributed by atoms with E-state index in [0.29, 0.717) is 5.56 Å². The number of benzene rings is 3. The maximum atomic E-state index is 11.8. The molecule has 3 heterocycles. The Bertz CT molecular complexity index is 1400. The van der Waals surface area contributed by atoms with Crippen LogP contribution in [0.5, 0.6) is 0 Å². The van der Waals surface area contributed by atoms with E-state index in [4.69, 9.17) is 9.47 Å². The molecule has 5 nitrogen and oxygen atoms in total. The molecule has 2 saturated heterocycles. The van der Waals surface area contributed by atoms with Gasteiger partial charge in [0, 0.05) is 17.6 Å². The van der Waals surface area contributed by atoms with Crippen molar-refractivity contribution in [1.82, 2.24) is 4.98 Å². The third kappa shape index (κ3) is 4.18. The van der Waals surface area contributed by atoms with Gasteiger partial charge in [-0.2, -0.15) is 0 Å². The summed E-state index contributed by atoms with van der Waals surface area (Å²) in [6.45, 7) is 3.71. The van der Waals surface area contributed by atoms with E-state index in [0.717, 1.165) is 60.6 Å². The van der Waals surface area contributed by atoms with Gasteiger partial charge in [0.1, 0.15) is 0 Å². The molecule has 2 aliphatic heterocycles. The molecule has 6 heteroatoms. The highest BCUT2D eigenvalue weighted by atomic mass is 32.1. The molecule has 7 rings (SSSR count). The van der Waals surface area contributed by atoms with Crippen LogP contribution in [0.1, 0.15) is 46.6 Å². The van der Waals surface area contributed by atoms with Gasteiger partial charge in [0.05, 0.1) is 40.1 Å². The van der Waals surface area contributed by atoms with Crippen LogP contribution >= 0.6 is 11.3 Å². The van der Waals surface area contributed by atoms with Crippen molar-refractivity contribution in [3.05, 3.63) is 82.9 Å². The maximum Gasteiger partial charge on any atom is 0.337 e. The van der Waals surface area contributed by atoms with Crippen LogP contribution in [-0.4, -0.2) is 31.2 Å². The second kappa shape index (κ2) is 9.02. The molecule has 2 bridgehead atoms. The fourth-order valence-corrected chi connectivity index (χ4v) is 6.58. The summed E-state index contributed by atoms with van der Waals surface area (Å²) in [4.78, 5) is 16.4. The number of nitrogens with zero attached hydrogens (tertiary/aromatic N) is 1. The molecule has 0 spiro atoms. The third-order valence-electron chi connectivity index (χ3n) is 7.96. The molecule has 1 aliphatic carbocycles. The smallest absolute Gasteiger partial charge is 0.337 e. The largest absolute Gasteiger partial charge is 0.465 e. The summed E-state index contributed by atoms with van der Waals surface area (Å²) >= 11 is 1.74. The summed E-state index contributed by atoms with van der Waals surface area (Å²) in [5.41, 5.74) is 6.30. The second-order valence-electron chi connectivity index (χ2n) is 10.2. The SMILES string of the molecule is COC(=O)c1ccc(C23CCC(CNc4cccc(-c5ccc6nc(C)sc6c5)c4)(CC2)CO3)cc1. The summed E-state index contributed by atoms with van der Waals surface area (Å²) < 4.78 is 12.6. The highest BCUT2D eigenvalue weighted by Crippen LogP contribution is 2.53. The van der Waals surface area contributed by atoms with Crippen LogP contribution in [-0.2, 0) is 15.1 Å². The summed E-state index contributed by atoms with van der Waals surface area (Å²) in [5.74, 6) is -0.305. The number of carbonyl (C=O) groups is 1. The van der Waals surface area contributed by atoms with E-state index in [9.17, 15) is 4.79 Å². The zero-order chi connectivity index (χ0) is 24.8. The van der Waals surface area contributed by atoms with Gasteiger partial charge in [0.2, 0.25) is 0 Å². The lowest BCUT2D eigenvalue weighted by Gasteiger charge is -2.53. The number of rotatable bonds is 6. The van der Waals surface area contributed by atoms with Crippen molar-refractivity contribution in [1.29, 1.82) is 0 Å². The zero-order valence-electron chi connectivity index (χ0n) is 20.7. The van der Waals surface area contributed by atoms with Gasteiger partial charge in [0.15, 0.2) is 0 Å². The normalized spacial score (nSPS) is 23.1. The first-order valence-electron chi connectivity index (χ1n) is 12.5. The summed E-state index contributed by atoms with van der Waals surface area (Å²) in [6, 6.07) is 22.9. The van der Waals surface area contributed by atoms with Crippen molar-refractivity contribution in [2.24, 2.45) is 5.41 Å². The molecule has 184 valence electrons. The van der Waals surface area contributed by atoms with E-state index in [2.05, 4.69) is 59.7 Å². The first-order valence-corrected chi connectivity index (χ1v) is 13.3. The number of anilines is 1. The molecule has 0 atom stereocenters.